The number of nitrogens with one attached hydrogen (secondary N) is 2. The van der Waals surface area contributed by atoms with Crippen molar-refractivity contribution in [2.24, 2.45) is 0 Å². The SMILES string of the molecule is Cc1cccc(N[C@H](C)C(=O)N[C@@H]2CCCc3ccccc32)c1. The maximum Gasteiger partial charge on any atom is 0.242 e. The molecule has 2 aromatic rings. The van der Waals surface area contributed by atoms with Crippen LogP contribution >= 0.6 is 0 Å². The van der Waals surface area contributed by atoms with Gasteiger partial charge in [0.1, 0.15) is 6.04 Å². The van der Waals surface area contributed by atoms with Crippen LogP contribution in [0.3, 0.4) is 0 Å². The predicted octanol–water partition coefficient (Wildman–Crippen LogP) is 3.99. The molecule has 0 unspecified atom stereocenters. The maximum atomic E-state index is 12.5. The van der Waals surface area contributed by atoms with Gasteiger partial charge in [-0.15, -0.1) is 0 Å². The summed E-state index contributed by atoms with van der Waals surface area (Å²) in [5.74, 6) is 0.0493. The molecule has 2 atom stereocenters. The second kappa shape index (κ2) is 6.86. The lowest BCUT2D eigenvalue weighted by Gasteiger charge is -2.28. The van der Waals surface area contributed by atoms with Crippen molar-refractivity contribution >= 4 is 11.6 Å². The monoisotopic (exact) mass is 308 g/mol. The molecule has 0 aromatic heterocycles. The normalized spacial score (nSPS) is 17.9. The van der Waals surface area contributed by atoms with Crippen LogP contribution < -0.4 is 10.6 Å². The van der Waals surface area contributed by atoms with Gasteiger partial charge in [0.05, 0.1) is 6.04 Å². The van der Waals surface area contributed by atoms with Crippen LogP contribution in [0.1, 0.15) is 42.5 Å². The Hall–Kier alpha value is -2.29. The summed E-state index contributed by atoms with van der Waals surface area (Å²) in [7, 11) is 0. The third-order valence-electron chi connectivity index (χ3n) is 4.48. The minimum absolute atomic E-state index is 0.0493. The molecule has 0 fully saturated rings. The molecule has 3 nitrogen and oxygen atoms in total. The molecule has 0 saturated heterocycles. The van der Waals surface area contributed by atoms with Crippen LogP contribution in [-0.2, 0) is 11.2 Å². The van der Waals surface area contributed by atoms with Gasteiger partial charge in [-0.05, 0) is 61.9 Å². The molecule has 0 aliphatic heterocycles. The Morgan fingerprint density at radius 1 is 1.17 bits per heavy atom. The first-order chi connectivity index (χ1) is 11.1. The van der Waals surface area contributed by atoms with Crippen LogP contribution in [0.5, 0.6) is 0 Å². The summed E-state index contributed by atoms with van der Waals surface area (Å²) in [6, 6.07) is 16.4. The third kappa shape index (κ3) is 3.73. The molecule has 3 rings (SSSR count). The van der Waals surface area contributed by atoms with Crippen molar-refractivity contribution in [3.8, 4) is 0 Å². The molecule has 0 bridgehead atoms. The highest BCUT2D eigenvalue weighted by Crippen LogP contribution is 2.29. The zero-order chi connectivity index (χ0) is 16.2. The van der Waals surface area contributed by atoms with Gasteiger partial charge in [-0.1, -0.05) is 36.4 Å². The van der Waals surface area contributed by atoms with E-state index < -0.39 is 0 Å². The van der Waals surface area contributed by atoms with E-state index in [0.29, 0.717) is 0 Å². The summed E-state index contributed by atoms with van der Waals surface area (Å²) in [5, 5.41) is 6.49. The second-order valence-corrected chi connectivity index (χ2v) is 6.39. The van der Waals surface area contributed by atoms with E-state index in [9.17, 15) is 4.79 Å². The smallest absolute Gasteiger partial charge is 0.242 e. The first-order valence-electron chi connectivity index (χ1n) is 8.35. The summed E-state index contributed by atoms with van der Waals surface area (Å²) < 4.78 is 0. The molecular weight excluding hydrogens is 284 g/mol. The summed E-state index contributed by atoms with van der Waals surface area (Å²) >= 11 is 0. The van der Waals surface area contributed by atoms with Gasteiger partial charge in [-0.25, -0.2) is 0 Å². The molecule has 1 amide bonds. The molecule has 1 aliphatic rings. The van der Waals surface area contributed by atoms with Crippen LogP contribution in [0.4, 0.5) is 5.69 Å². The first-order valence-corrected chi connectivity index (χ1v) is 8.35. The molecule has 0 heterocycles. The number of rotatable bonds is 4. The molecule has 0 spiro atoms. The summed E-state index contributed by atoms with van der Waals surface area (Å²) in [6.07, 6.45) is 3.25. The maximum absolute atomic E-state index is 12.5. The molecule has 1 aliphatic carbocycles. The number of anilines is 1. The van der Waals surface area contributed by atoms with Crippen molar-refractivity contribution in [2.75, 3.05) is 5.32 Å². The average Bonchev–Trinajstić information content (AvgIpc) is 2.55. The van der Waals surface area contributed by atoms with E-state index in [4.69, 9.17) is 0 Å². The van der Waals surface area contributed by atoms with E-state index in [1.807, 2.05) is 19.1 Å². The van der Waals surface area contributed by atoms with Gasteiger partial charge in [0.15, 0.2) is 0 Å². The van der Waals surface area contributed by atoms with Gasteiger partial charge in [0.25, 0.3) is 0 Å². The van der Waals surface area contributed by atoms with Crippen LogP contribution in [0, 0.1) is 6.92 Å². The van der Waals surface area contributed by atoms with Crippen molar-refractivity contribution in [1.82, 2.24) is 5.32 Å². The lowest BCUT2D eigenvalue weighted by Crippen LogP contribution is -2.40. The van der Waals surface area contributed by atoms with Crippen molar-refractivity contribution in [2.45, 2.75) is 45.2 Å². The Bertz CT molecular complexity index is 696. The van der Waals surface area contributed by atoms with E-state index in [-0.39, 0.29) is 18.0 Å². The fraction of sp³-hybridized carbons (Fsp3) is 0.350. The third-order valence-corrected chi connectivity index (χ3v) is 4.48. The van der Waals surface area contributed by atoms with Crippen molar-refractivity contribution in [3.63, 3.8) is 0 Å². The Kier molecular flexibility index (Phi) is 4.65. The van der Waals surface area contributed by atoms with Gasteiger partial charge < -0.3 is 10.6 Å². The first kappa shape index (κ1) is 15.6. The minimum atomic E-state index is -0.258. The Balaban J connectivity index is 1.65. The van der Waals surface area contributed by atoms with Gasteiger partial charge in [-0.2, -0.15) is 0 Å². The van der Waals surface area contributed by atoms with E-state index in [1.165, 1.54) is 16.7 Å². The number of benzene rings is 2. The number of amides is 1. The zero-order valence-electron chi connectivity index (χ0n) is 13.8. The van der Waals surface area contributed by atoms with Crippen LogP contribution in [0.2, 0.25) is 0 Å². The van der Waals surface area contributed by atoms with Crippen LogP contribution in [0.15, 0.2) is 48.5 Å². The highest BCUT2D eigenvalue weighted by molar-refractivity contribution is 5.84. The van der Waals surface area contributed by atoms with Gasteiger partial charge in [0.2, 0.25) is 5.91 Å². The number of fused-ring (bicyclic) bond motifs is 1. The van der Waals surface area contributed by atoms with Crippen molar-refractivity contribution in [1.29, 1.82) is 0 Å². The van der Waals surface area contributed by atoms with Gasteiger partial charge >= 0.3 is 0 Å². The van der Waals surface area contributed by atoms with E-state index in [1.54, 1.807) is 0 Å². The summed E-state index contributed by atoms with van der Waals surface area (Å²) in [6.45, 7) is 3.96. The van der Waals surface area contributed by atoms with Crippen LogP contribution in [-0.4, -0.2) is 11.9 Å². The lowest BCUT2D eigenvalue weighted by molar-refractivity contribution is -0.122. The molecule has 120 valence electrons. The highest BCUT2D eigenvalue weighted by Gasteiger charge is 2.23. The standard InChI is InChI=1S/C20H24N2O/c1-14-7-5-10-17(13-14)21-15(2)20(23)22-19-12-6-9-16-8-3-4-11-18(16)19/h3-5,7-8,10-11,13,15,19,21H,6,9,12H2,1-2H3,(H,22,23)/t15-,19-/m1/s1. The molecule has 2 aromatic carbocycles. The number of hydrogen-bond acceptors (Lipinski definition) is 2. The zero-order valence-corrected chi connectivity index (χ0v) is 13.8. The van der Waals surface area contributed by atoms with Crippen molar-refractivity contribution < 1.29 is 4.79 Å². The van der Waals surface area contributed by atoms with Crippen molar-refractivity contribution in [3.05, 3.63) is 65.2 Å². The predicted molar refractivity (Wildman–Crippen MR) is 94.5 cm³/mol. The molecular formula is C20H24N2O. The quantitative estimate of drug-likeness (QED) is 0.896. The fourth-order valence-corrected chi connectivity index (χ4v) is 3.25. The fourth-order valence-electron chi connectivity index (χ4n) is 3.25. The molecule has 23 heavy (non-hydrogen) atoms. The van der Waals surface area contributed by atoms with Gasteiger partial charge in [0, 0.05) is 5.69 Å². The number of carbonyl (C=O) groups is 1. The van der Waals surface area contributed by atoms with E-state index in [2.05, 4.69) is 54.0 Å². The van der Waals surface area contributed by atoms with E-state index >= 15 is 0 Å². The minimum Gasteiger partial charge on any atom is -0.374 e. The Labute approximate surface area is 138 Å². The number of aryl methyl sites for hydroxylation is 2. The van der Waals surface area contributed by atoms with Crippen LogP contribution in [0.25, 0.3) is 0 Å². The molecule has 3 heteroatoms. The number of carbonyl (C=O) groups excluding carboxylic acids is 1. The summed E-state index contributed by atoms with van der Waals surface area (Å²) in [5.41, 5.74) is 4.80. The average molecular weight is 308 g/mol. The lowest BCUT2D eigenvalue weighted by atomic mass is 9.87. The molecule has 0 saturated carbocycles. The van der Waals surface area contributed by atoms with E-state index in [0.717, 1.165) is 24.9 Å². The largest absolute Gasteiger partial charge is 0.374 e. The van der Waals surface area contributed by atoms with Gasteiger partial charge in [-0.3, -0.25) is 4.79 Å². The summed E-state index contributed by atoms with van der Waals surface area (Å²) in [4.78, 5) is 12.5. The Morgan fingerprint density at radius 2 is 2.00 bits per heavy atom. The molecule has 2 N–H and O–H groups in total. The molecule has 0 radical (unpaired) electrons. The second-order valence-electron chi connectivity index (χ2n) is 6.39. The Morgan fingerprint density at radius 3 is 2.83 bits per heavy atom. The number of hydrogen-bond donors (Lipinski definition) is 2. The highest BCUT2D eigenvalue weighted by atomic mass is 16.2. The topological polar surface area (TPSA) is 41.1 Å².